The van der Waals surface area contributed by atoms with Crippen molar-refractivity contribution in [2.24, 2.45) is 0 Å². The molecule has 2 aromatic carbocycles. The third kappa shape index (κ3) is 3.85. The van der Waals surface area contributed by atoms with E-state index in [2.05, 4.69) is 5.32 Å². The van der Waals surface area contributed by atoms with Crippen LogP contribution in [-0.4, -0.2) is 47.2 Å². The zero-order valence-electron chi connectivity index (χ0n) is 15.0. The van der Waals surface area contributed by atoms with Gasteiger partial charge in [-0.2, -0.15) is 0 Å². The lowest BCUT2D eigenvalue weighted by molar-refractivity contribution is 0.0669. The number of morpholine rings is 1. The number of para-hydroxylation sites is 1. The Bertz CT molecular complexity index is 1050. The molecule has 0 spiro atoms. The lowest BCUT2D eigenvalue weighted by Crippen LogP contribution is -2.47. The highest BCUT2D eigenvalue weighted by Crippen LogP contribution is 2.29. The summed E-state index contributed by atoms with van der Waals surface area (Å²) in [5, 5.41) is 4.61. The van der Waals surface area contributed by atoms with Crippen molar-refractivity contribution in [1.29, 1.82) is 0 Å². The van der Waals surface area contributed by atoms with Crippen LogP contribution in [0.1, 0.15) is 10.4 Å². The summed E-state index contributed by atoms with van der Waals surface area (Å²) >= 11 is 11.8. The van der Waals surface area contributed by atoms with Gasteiger partial charge in [0.15, 0.2) is 5.11 Å². The molecule has 28 heavy (non-hydrogen) atoms. The van der Waals surface area contributed by atoms with Gasteiger partial charge in [-0.1, -0.05) is 48.0 Å². The van der Waals surface area contributed by atoms with E-state index in [1.54, 1.807) is 12.1 Å². The van der Waals surface area contributed by atoms with Crippen LogP contribution in [0.5, 0.6) is 0 Å². The van der Waals surface area contributed by atoms with Crippen LogP contribution < -0.4 is 5.32 Å². The first-order chi connectivity index (χ1) is 13.6. The number of hydrogen-bond donors (Lipinski definition) is 1. The van der Waals surface area contributed by atoms with Gasteiger partial charge in [-0.15, -0.1) is 0 Å². The number of aromatic nitrogens is 1. The molecule has 1 aromatic heterocycles. The number of ether oxygens (including phenoxy) is 1. The fraction of sp³-hybridized carbons (Fsp3) is 0.190. The maximum Gasteiger partial charge on any atom is 0.258 e. The first-order valence-corrected chi connectivity index (χ1v) is 9.75. The number of amides is 1. The standard InChI is InChI=1S/C21H18ClN3O2S/c22-17-7-3-1-6-15(17)19-13-16(14-5-2-4-8-18(14)23-19)20(26)24-21(28)25-9-11-27-12-10-25/h1-8,13H,9-12H2,(H,24,26,28). The molecule has 1 fully saturated rings. The van der Waals surface area contributed by atoms with Crippen LogP contribution in [0.2, 0.25) is 5.02 Å². The van der Waals surface area contributed by atoms with Crippen molar-refractivity contribution in [3.63, 3.8) is 0 Å². The number of nitrogens with one attached hydrogen (secondary N) is 1. The monoisotopic (exact) mass is 411 g/mol. The number of thiocarbonyl (C=S) groups is 1. The molecule has 2 heterocycles. The average molecular weight is 412 g/mol. The first kappa shape index (κ1) is 18.8. The van der Waals surface area contributed by atoms with E-state index in [-0.39, 0.29) is 5.91 Å². The normalized spacial score (nSPS) is 14.1. The van der Waals surface area contributed by atoms with Crippen LogP contribution in [0, 0.1) is 0 Å². The van der Waals surface area contributed by atoms with E-state index in [4.69, 9.17) is 33.5 Å². The number of pyridine rings is 1. The Hall–Kier alpha value is -2.54. The van der Waals surface area contributed by atoms with Gasteiger partial charge in [-0.25, -0.2) is 4.98 Å². The topological polar surface area (TPSA) is 54.5 Å². The number of benzene rings is 2. The molecule has 0 bridgehead atoms. The highest BCUT2D eigenvalue weighted by molar-refractivity contribution is 7.80. The number of carbonyl (C=O) groups is 1. The zero-order valence-corrected chi connectivity index (χ0v) is 16.6. The van der Waals surface area contributed by atoms with E-state index in [9.17, 15) is 4.79 Å². The van der Waals surface area contributed by atoms with Crippen molar-refractivity contribution in [2.75, 3.05) is 26.3 Å². The van der Waals surface area contributed by atoms with Gasteiger partial charge in [-0.3, -0.25) is 10.1 Å². The largest absolute Gasteiger partial charge is 0.378 e. The lowest BCUT2D eigenvalue weighted by atomic mass is 10.0. The fourth-order valence-electron chi connectivity index (χ4n) is 3.18. The van der Waals surface area contributed by atoms with Gasteiger partial charge >= 0.3 is 0 Å². The van der Waals surface area contributed by atoms with E-state index in [1.165, 1.54) is 0 Å². The molecule has 0 aliphatic carbocycles. The first-order valence-electron chi connectivity index (χ1n) is 8.96. The van der Waals surface area contributed by atoms with E-state index >= 15 is 0 Å². The van der Waals surface area contributed by atoms with Crippen LogP contribution in [0.3, 0.4) is 0 Å². The molecule has 1 N–H and O–H groups in total. The van der Waals surface area contributed by atoms with Gasteiger partial charge in [-0.05, 0) is 30.4 Å². The van der Waals surface area contributed by atoms with Gasteiger partial charge in [0.25, 0.3) is 5.91 Å². The Kier molecular flexibility index (Phi) is 5.52. The summed E-state index contributed by atoms with van der Waals surface area (Å²) in [6.07, 6.45) is 0. The third-order valence-corrected chi connectivity index (χ3v) is 5.32. The molecular formula is C21H18ClN3O2S. The predicted molar refractivity (Wildman–Crippen MR) is 115 cm³/mol. The second kappa shape index (κ2) is 8.22. The Morgan fingerprint density at radius 3 is 2.61 bits per heavy atom. The Labute approximate surface area is 173 Å². The molecule has 1 amide bonds. The summed E-state index contributed by atoms with van der Waals surface area (Å²) in [5.41, 5.74) is 2.66. The summed E-state index contributed by atoms with van der Waals surface area (Å²) < 4.78 is 5.34. The molecule has 1 aliphatic rings. The van der Waals surface area contributed by atoms with Crippen molar-refractivity contribution in [3.05, 3.63) is 65.2 Å². The van der Waals surface area contributed by atoms with E-state index in [1.807, 2.05) is 47.4 Å². The molecule has 1 saturated heterocycles. The summed E-state index contributed by atoms with van der Waals surface area (Å²) in [6.45, 7) is 2.54. The van der Waals surface area contributed by atoms with Crippen LogP contribution in [0.4, 0.5) is 0 Å². The molecule has 0 saturated carbocycles. The minimum absolute atomic E-state index is 0.261. The molecule has 4 rings (SSSR count). The van der Waals surface area contributed by atoms with E-state index in [0.717, 1.165) is 16.5 Å². The van der Waals surface area contributed by atoms with Crippen molar-refractivity contribution < 1.29 is 9.53 Å². The van der Waals surface area contributed by atoms with Crippen LogP contribution >= 0.6 is 23.8 Å². The van der Waals surface area contributed by atoms with Crippen molar-refractivity contribution >= 4 is 45.7 Å². The summed E-state index contributed by atoms with van der Waals surface area (Å²) in [5.74, 6) is -0.261. The van der Waals surface area contributed by atoms with Gasteiger partial charge in [0.2, 0.25) is 0 Å². The molecule has 1 aliphatic heterocycles. The second-order valence-electron chi connectivity index (χ2n) is 6.41. The molecule has 5 nitrogen and oxygen atoms in total. The maximum atomic E-state index is 13.1. The summed E-state index contributed by atoms with van der Waals surface area (Å²) in [6, 6.07) is 16.8. The number of hydrogen-bond acceptors (Lipinski definition) is 4. The van der Waals surface area contributed by atoms with E-state index in [0.29, 0.717) is 47.7 Å². The average Bonchev–Trinajstić information content (AvgIpc) is 2.74. The number of halogens is 1. The van der Waals surface area contributed by atoms with Gasteiger partial charge in [0.05, 0.1) is 30.0 Å². The number of rotatable bonds is 2. The minimum atomic E-state index is -0.261. The minimum Gasteiger partial charge on any atom is -0.378 e. The third-order valence-electron chi connectivity index (χ3n) is 4.63. The van der Waals surface area contributed by atoms with Crippen molar-refractivity contribution in [2.45, 2.75) is 0 Å². The smallest absolute Gasteiger partial charge is 0.258 e. The highest BCUT2D eigenvalue weighted by atomic mass is 35.5. The molecule has 0 unspecified atom stereocenters. The Balaban J connectivity index is 1.72. The summed E-state index contributed by atoms with van der Waals surface area (Å²) in [7, 11) is 0. The van der Waals surface area contributed by atoms with Crippen molar-refractivity contribution in [3.8, 4) is 11.3 Å². The van der Waals surface area contributed by atoms with Gasteiger partial charge < -0.3 is 9.64 Å². The van der Waals surface area contributed by atoms with Crippen molar-refractivity contribution in [1.82, 2.24) is 15.2 Å². The Morgan fingerprint density at radius 1 is 1.11 bits per heavy atom. The molecule has 0 radical (unpaired) electrons. The SMILES string of the molecule is O=C(NC(=S)N1CCOCC1)c1cc(-c2ccccc2Cl)nc2ccccc12. The van der Waals surface area contributed by atoms with Crippen LogP contribution in [0.25, 0.3) is 22.2 Å². The van der Waals surface area contributed by atoms with Crippen LogP contribution in [-0.2, 0) is 4.74 Å². The fourth-order valence-corrected chi connectivity index (χ4v) is 3.69. The maximum absolute atomic E-state index is 13.1. The molecule has 0 atom stereocenters. The van der Waals surface area contributed by atoms with E-state index < -0.39 is 0 Å². The number of nitrogens with zero attached hydrogens (tertiary/aromatic N) is 2. The van der Waals surface area contributed by atoms with Crippen LogP contribution in [0.15, 0.2) is 54.6 Å². The number of fused-ring (bicyclic) bond motifs is 1. The number of carbonyl (C=O) groups excluding carboxylic acids is 1. The van der Waals surface area contributed by atoms with Gasteiger partial charge in [0.1, 0.15) is 0 Å². The second-order valence-corrected chi connectivity index (χ2v) is 7.20. The highest BCUT2D eigenvalue weighted by Gasteiger charge is 2.19. The summed E-state index contributed by atoms with van der Waals surface area (Å²) in [4.78, 5) is 19.7. The predicted octanol–water partition coefficient (Wildman–Crippen LogP) is 3.90. The lowest BCUT2D eigenvalue weighted by Gasteiger charge is -2.29. The quantitative estimate of drug-likeness (QED) is 0.648. The Morgan fingerprint density at radius 2 is 1.82 bits per heavy atom. The van der Waals surface area contributed by atoms with Gasteiger partial charge in [0, 0.05) is 29.1 Å². The molecule has 7 heteroatoms. The molecule has 142 valence electrons. The zero-order chi connectivity index (χ0) is 19.5. The molecular weight excluding hydrogens is 394 g/mol. The molecule has 3 aromatic rings.